The molecule has 1 N–H and O–H groups in total. The lowest BCUT2D eigenvalue weighted by molar-refractivity contribution is -0.144. The van der Waals surface area contributed by atoms with Crippen molar-refractivity contribution in [3.8, 4) is 0 Å². The van der Waals surface area contributed by atoms with Gasteiger partial charge in [0.25, 0.3) is 5.91 Å². The molecule has 3 amide bonds. The Kier molecular flexibility index (Phi) is 5.59. The number of benzene rings is 1. The van der Waals surface area contributed by atoms with Crippen molar-refractivity contribution in [1.82, 2.24) is 0 Å². The van der Waals surface area contributed by atoms with E-state index in [1.165, 1.54) is 26.8 Å². The number of anilines is 2. The lowest BCUT2D eigenvalue weighted by atomic mass is 10.2. The van der Waals surface area contributed by atoms with Crippen molar-refractivity contribution in [3.63, 3.8) is 0 Å². The van der Waals surface area contributed by atoms with Crippen LogP contribution in [0.4, 0.5) is 11.4 Å². The van der Waals surface area contributed by atoms with Crippen molar-refractivity contribution in [3.05, 3.63) is 24.3 Å². The van der Waals surface area contributed by atoms with Gasteiger partial charge in [-0.2, -0.15) is 0 Å². The van der Waals surface area contributed by atoms with Crippen LogP contribution in [0.5, 0.6) is 0 Å². The standard InChI is InChI=1S/C14H16N2O5/c1-9(17)16(10(2)18)13-7-5-4-6-12(13)15-14(20)8-21-11(3)19/h4-7H,8H2,1-3H3,(H,15,20). The first kappa shape index (κ1) is 16.4. The third-order valence-electron chi connectivity index (χ3n) is 2.46. The topological polar surface area (TPSA) is 92.8 Å². The molecule has 0 fully saturated rings. The molecule has 0 saturated carbocycles. The number of nitrogens with one attached hydrogen (secondary N) is 1. The SMILES string of the molecule is CC(=O)OCC(=O)Nc1ccccc1N(C(C)=O)C(C)=O. The fourth-order valence-electron chi connectivity index (χ4n) is 1.69. The summed E-state index contributed by atoms with van der Waals surface area (Å²) in [5.74, 6) is -2.08. The number of para-hydroxylation sites is 2. The minimum absolute atomic E-state index is 0.258. The van der Waals surface area contributed by atoms with Gasteiger partial charge in [-0.05, 0) is 12.1 Å². The Balaban J connectivity index is 2.98. The zero-order chi connectivity index (χ0) is 16.0. The lowest BCUT2D eigenvalue weighted by Gasteiger charge is -2.20. The Morgan fingerprint density at radius 3 is 2.14 bits per heavy atom. The zero-order valence-electron chi connectivity index (χ0n) is 12.0. The molecule has 0 saturated heterocycles. The number of hydrogen-bond donors (Lipinski definition) is 1. The first-order valence-corrected chi connectivity index (χ1v) is 6.16. The molecule has 0 heterocycles. The van der Waals surface area contributed by atoms with Gasteiger partial charge in [0.1, 0.15) is 0 Å². The maximum absolute atomic E-state index is 11.7. The van der Waals surface area contributed by atoms with Crippen LogP contribution < -0.4 is 10.2 Å². The smallest absolute Gasteiger partial charge is 0.303 e. The van der Waals surface area contributed by atoms with E-state index in [2.05, 4.69) is 10.1 Å². The predicted octanol–water partition coefficient (Wildman–Crippen LogP) is 1.09. The van der Waals surface area contributed by atoms with Gasteiger partial charge in [0.05, 0.1) is 11.4 Å². The number of esters is 1. The summed E-state index contributed by atoms with van der Waals surface area (Å²) in [4.78, 5) is 46.4. The van der Waals surface area contributed by atoms with Crippen LogP contribution in [0.2, 0.25) is 0 Å². The van der Waals surface area contributed by atoms with E-state index in [0.717, 1.165) is 4.90 Å². The molecule has 7 nitrogen and oxygen atoms in total. The molecule has 0 aliphatic heterocycles. The van der Waals surface area contributed by atoms with E-state index in [0.29, 0.717) is 0 Å². The average molecular weight is 292 g/mol. The number of hydrogen-bond acceptors (Lipinski definition) is 5. The van der Waals surface area contributed by atoms with Gasteiger partial charge in [0.2, 0.25) is 11.8 Å². The summed E-state index contributed by atoms with van der Waals surface area (Å²) in [6, 6.07) is 6.35. The summed E-state index contributed by atoms with van der Waals surface area (Å²) < 4.78 is 4.57. The van der Waals surface area contributed by atoms with Crippen molar-refractivity contribution in [2.45, 2.75) is 20.8 Å². The third kappa shape index (κ3) is 4.72. The van der Waals surface area contributed by atoms with Gasteiger partial charge in [-0.15, -0.1) is 0 Å². The van der Waals surface area contributed by atoms with Crippen LogP contribution in [0.15, 0.2) is 24.3 Å². The van der Waals surface area contributed by atoms with Crippen LogP contribution in [-0.2, 0) is 23.9 Å². The third-order valence-corrected chi connectivity index (χ3v) is 2.46. The summed E-state index contributed by atoms with van der Waals surface area (Å²) >= 11 is 0. The summed E-state index contributed by atoms with van der Waals surface area (Å²) in [7, 11) is 0. The molecule has 0 spiro atoms. The number of nitrogens with zero attached hydrogens (tertiary/aromatic N) is 1. The Bertz CT molecular complexity index is 568. The van der Waals surface area contributed by atoms with Crippen molar-refractivity contribution in [2.75, 3.05) is 16.8 Å². The zero-order valence-corrected chi connectivity index (χ0v) is 12.0. The van der Waals surface area contributed by atoms with E-state index in [9.17, 15) is 19.2 Å². The molecule has 21 heavy (non-hydrogen) atoms. The molecular weight excluding hydrogens is 276 g/mol. The van der Waals surface area contributed by atoms with Crippen LogP contribution >= 0.6 is 0 Å². The molecular formula is C14H16N2O5. The van der Waals surface area contributed by atoms with Gasteiger partial charge in [-0.3, -0.25) is 19.2 Å². The van der Waals surface area contributed by atoms with Gasteiger partial charge in [-0.1, -0.05) is 12.1 Å². The molecule has 1 aromatic carbocycles. The van der Waals surface area contributed by atoms with Crippen molar-refractivity contribution in [1.29, 1.82) is 0 Å². The molecule has 0 bridgehead atoms. The number of amides is 3. The molecule has 0 aromatic heterocycles. The van der Waals surface area contributed by atoms with Gasteiger partial charge in [-0.25, -0.2) is 4.90 Å². The highest BCUT2D eigenvalue weighted by atomic mass is 16.5. The monoisotopic (exact) mass is 292 g/mol. The molecule has 1 rings (SSSR count). The first-order valence-electron chi connectivity index (χ1n) is 6.16. The highest BCUT2D eigenvalue weighted by molar-refractivity contribution is 6.15. The number of imide groups is 1. The minimum Gasteiger partial charge on any atom is -0.456 e. The molecule has 1 aromatic rings. The number of carbonyl (C=O) groups is 4. The summed E-state index contributed by atoms with van der Waals surface area (Å²) in [5.41, 5.74) is 0.536. The van der Waals surface area contributed by atoms with E-state index < -0.39 is 30.3 Å². The number of rotatable bonds is 4. The van der Waals surface area contributed by atoms with Crippen molar-refractivity contribution < 1.29 is 23.9 Å². The van der Waals surface area contributed by atoms with Crippen LogP contribution in [0.3, 0.4) is 0 Å². The van der Waals surface area contributed by atoms with Gasteiger partial charge < -0.3 is 10.1 Å². The molecule has 0 radical (unpaired) electrons. The van der Waals surface area contributed by atoms with Gasteiger partial charge in [0, 0.05) is 20.8 Å². The number of ether oxygens (including phenoxy) is 1. The molecule has 112 valence electrons. The Hall–Kier alpha value is -2.70. The van der Waals surface area contributed by atoms with Crippen LogP contribution in [-0.4, -0.2) is 30.3 Å². The van der Waals surface area contributed by atoms with Crippen LogP contribution in [0.1, 0.15) is 20.8 Å². The van der Waals surface area contributed by atoms with E-state index in [4.69, 9.17) is 0 Å². The Labute approximate surface area is 121 Å². The molecule has 0 unspecified atom stereocenters. The highest BCUT2D eigenvalue weighted by Gasteiger charge is 2.20. The highest BCUT2D eigenvalue weighted by Crippen LogP contribution is 2.26. The van der Waals surface area contributed by atoms with E-state index >= 15 is 0 Å². The maximum Gasteiger partial charge on any atom is 0.303 e. The maximum atomic E-state index is 11.7. The van der Waals surface area contributed by atoms with Gasteiger partial charge in [0.15, 0.2) is 6.61 Å². The summed E-state index contributed by atoms with van der Waals surface area (Å²) in [5, 5.41) is 2.49. The second kappa shape index (κ2) is 7.18. The summed E-state index contributed by atoms with van der Waals surface area (Å²) in [6.07, 6.45) is 0. The molecule has 7 heteroatoms. The second-order valence-corrected chi connectivity index (χ2v) is 4.22. The lowest BCUT2D eigenvalue weighted by Crippen LogP contribution is -2.34. The predicted molar refractivity (Wildman–Crippen MR) is 75.5 cm³/mol. The van der Waals surface area contributed by atoms with Crippen LogP contribution in [0.25, 0.3) is 0 Å². The summed E-state index contributed by atoms with van der Waals surface area (Å²) in [6.45, 7) is 3.25. The van der Waals surface area contributed by atoms with Crippen molar-refractivity contribution >= 4 is 35.1 Å². The molecule has 0 aliphatic carbocycles. The fourth-order valence-corrected chi connectivity index (χ4v) is 1.69. The van der Waals surface area contributed by atoms with Gasteiger partial charge >= 0.3 is 5.97 Å². The molecule has 0 atom stereocenters. The largest absolute Gasteiger partial charge is 0.456 e. The first-order chi connectivity index (χ1) is 9.82. The average Bonchev–Trinajstić information content (AvgIpc) is 2.37. The molecule has 0 aliphatic rings. The minimum atomic E-state index is -0.576. The normalized spacial score (nSPS) is 9.67. The van der Waals surface area contributed by atoms with E-state index in [-0.39, 0.29) is 11.4 Å². The van der Waals surface area contributed by atoms with Crippen molar-refractivity contribution in [2.24, 2.45) is 0 Å². The Morgan fingerprint density at radius 2 is 1.62 bits per heavy atom. The van der Waals surface area contributed by atoms with Crippen LogP contribution in [0, 0.1) is 0 Å². The number of carbonyl (C=O) groups excluding carboxylic acids is 4. The fraction of sp³-hybridized carbons (Fsp3) is 0.286. The van der Waals surface area contributed by atoms with E-state index in [1.54, 1.807) is 18.2 Å². The van der Waals surface area contributed by atoms with E-state index in [1.807, 2.05) is 0 Å². The second-order valence-electron chi connectivity index (χ2n) is 4.22. The Morgan fingerprint density at radius 1 is 1.05 bits per heavy atom. The quantitative estimate of drug-likeness (QED) is 0.838.